The van der Waals surface area contributed by atoms with Crippen molar-refractivity contribution in [2.45, 2.75) is 66.2 Å². The van der Waals surface area contributed by atoms with Gasteiger partial charge in [0, 0.05) is 0 Å². The average Bonchev–Trinajstić information content (AvgIpc) is 2.67. The van der Waals surface area contributed by atoms with Crippen molar-refractivity contribution in [3.63, 3.8) is 0 Å². The molecular weight excluding hydrogens is 392 g/mol. The normalized spacial score (nSPS) is 11.1. The van der Waals surface area contributed by atoms with Crippen LogP contribution in [0.4, 0.5) is 0 Å². The highest BCUT2D eigenvalue weighted by Crippen LogP contribution is 2.34. The smallest absolute Gasteiger partial charge is 0.318 e. The van der Waals surface area contributed by atoms with Crippen LogP contribution in [0.25, 0.3) is 0 Å². The summed E-state index contributed by atoms with van der Waals surface area (Å²) in [5.74, 6) is -8.84. The Bertz CT molecular complexity index is 710. The summed E-state index contributed by atoms with van der Waals surface area (Å²) in [5, 5.41) is 37.5. The van der Waals surface area contributed by atoms with E-state index in [1.54, 1.807) is 0 Å². The second-order valence-corrected chi connectivity index (χ2v) is 7.15. The maximum absolute atomic E-state index is 11.5. The first-order chi connectivity index (χ1) is 14.0. The Labute approximate surface area is 175 Å². The molecule has 0 spiro atoms. The van der Waals surface area contributed by atoms with Gasteiger partial charge < -0.3 is 20.4 Å². The largest absolute Gasteiger partial charge is 0.481 e. The first-order valence-corrected chi connectivity index (χ1v) is 10.1. The molecule has 30 heavy (non-hydrogen) atoms. The van der Waals surface area contributed by atoms with E-state index in [9.17, 15) is 39.6 Å². The summed E-state index contributed by atoms with van der Waals surface area (Å²) in [6.07, 6.45) is 1.66. The van der Waals surface area contributed by atoms with Crippen LogP contribution in [-0.2, 0) is 57.7 Å². The summed E-state index contributed by atoms with van der Waals surface area (Å²) < 4.78 is 0. The minimum absolute atomic E-state index is 0.168. The SMILES string of the molecule is CCc1c(CC)c(CC(C(=O)O)C(=O)O)c(CC)c(CC)c1CC(C(=O)O)C(=O)O. The molecule has 0 atom stereocenters. The molecule has 1 aromatic carbocycles. The van der Waals surface area contributed by atoms with Gasteiger partial charge in [0.15, 0.2) is 11.8 Å². The first kappa shape index (κ1) is 25.1. The van der Waals surface area contributed by atoms with E-state index in [4.69, 9.17) is 0 Å². The van der Waals surface area contributed by atoms with Gasteiger partial charge in [0.25, 0.3) is 0 Å². The Morgan fingerprint density at radius 3 is 0.833 bits per heavy atom. The van der Waals surface area contributed by atoms with E-state index in [0.29, 0.717) is 36.8 Å². The van der Waals surface area contributed by atoms with Gasteiger partial charge in [0.2, 0.25) is 0 Å². The second-order valence-electron chi connectivity index (χ2n) is 7.15. The van der Waals surface area contributed by atoms with Crippen molar-refractivity contribution < 1.29 is 39.6 Å². The minimum Gasteiger partial charge on any atom is -0.481 e. The van der Waals surface area contributed by atoms with E-state index in [0.717, 1.165) is 22.3 Å². The van der Waals surface area contributed by atoms with E-state index in [-0.39, 0.29) is 12.8 Å². The Morgan fingerprint density at radius 1 is 0.500 bits per heavy atom. The van der Waals surface area contributed by atoms with Crippen LogP contribution in [0.15, 0.2) is 0 Å². The van der Waals surface area contributed by atoms with Crippen molar-refractivity contribution >= 4 is 23.9 Å². The standard InChI is InChI=1S/C22H30O8/c1-5-11-12(6-2)16(10-18(21(27)28)22(29)30)14(8-4)13(7-3)15(11)9-17(19(23)24)20(25)26/h17-18H,5-10H2,1-4H3,(H,23,24)(H,25,26)(H,27,28)(H,29,30). The van der Waals surface area contributed by atoms with Gasteiger partial charge in [-0.3, -0.25) is 19.2 Å². The predicted octanol–water partition coefficient (Wildman–Crippen LogP) is 2.59. The van der Waals surface area contributed by atoms with Crippen LogP contribution in [0.3, 0.4) is 0 Å². The fourth-order valence-corrected chi connectivity index (χ4v) is 4.26. The molecule has 4 N–H and O–H groups in total. The summed E-state index contributed by atoms with van der Waals surface area (Å²) in [6, 6.07) is 0. The molecule has 1 aromatic rings. The van der Waals surface area contributed by atoms with Crippen LogP contribution in [0, 0.1) is 11.8 Å². The predicted molar refractivity (Wildman–Crippen MR) is 109 cm³/mol. The molecule has 0 aromatic heterocycles. The zero-order chi connectivity index (χ0) is 23.2. The van der Waals surface area contributed by atoms with Crippen LogP contribution in [0.2, 0.25) is 0 Å². The molecule has 0 amide bonds. The third-order valence-corrected chi connectivity index (χ3v) is 5.61. The molecule has 166 valence electrons. The monoisotopic (exact) mass is 422 g/mol. The maximum atomic E-state index is 11.5. The van der Waals surface area contributed by atoms with Gasteiger partial charge in [-0.1, -0.05) is 27.7 Å². The van der Waals surface area contributed by atoms with E-state index < -0.39 is 35.7 Å². The number of aliphatic carboxylic acids is 4. The van der Waals surface area contributed by atoms with E-state index in [2.05, 4.69) is 0 Å². The number of carboxylic acid groups (broad SMARTS) is 4. The van der Waals surface area contributed by atoms with Crippen LogP contribution < -0.4 is 0 Å². The van der Waals surface area contributed by atoms with E-state index in [1.807, 2.05) is 27.7 Å². The highest BCUT2D eigenvalue weighted by atomic mass is 16.4. The molecular formula is C22H30O8. The lowest BCUT2D eigenvalue weighted by Gasteiger charge is -2.27. The van der Waals surface area contributed by atoms with Crippen molar-refractivity contribution in [2.75, 3.05) is 0 Å². The molecule has 0 radical (unpaired) electrons. The number of benzene rings is 1. The first-order valence-electron chi connectivity index (χ1n) is 10.1. The molecule has 8 heteroatoms. The molecule has 1 rings (SSSR count). The van der Waals surface area contributed by atoms with Crippen molar-refractivity contribution in [3.8, 4) is 0 Å². The van der Waals surface area contributed by atoms with Crippen LogP contribution in [0.5, 0.6) is 0 Å². The molecule has 0 unspecified atom stereocenters. The van der Waals surface area contributed by atoms with E-state index in [1.165, 1.54) is 0 Å². The topological polar surface area (TPSA) is 149 Å². The average molecular weight is 422 g/mol. The molecule has 0 aliphatic carbocycles. The summed E-state index contributed by atoms with van der Waals surface area (Å²) in [4.78, 5) is 46.0. The van der Waals surface area contributed by atoms with Gasteiger partial charge in [-0.15, -0.1) is 0 Å². The van der Waals surface area contributed by atoms with Gasteiger partial charge in [-0.2, -0.15) is 0 Å². The molecule has 0 aliphatic heterocycles. The lowest BCUT2D eigenvalue weighted by Crippen LogP contribution is -2.29. The lowest BCUT2D eigenvalue weighted by atomic mass is 9.77. The molecule has 8 nitrogen and oxygen atoms in total. The lowest BCUT2D eigenvalue weighted by molar-refractivity contribution is -0.156. The summed E-state index contributed by atoms with van der Waals surface area (Å²) in [5.41, 5.74) is 4.53. The van der Waals surface area contributed by atoms with Gasteiger partial charge in [-0.25, -0.2) is 0 Å². The van der Waals surface area contributed by atoms with Gasteiger partial charge in [0.1, 0.15) is 0 Å². The third kappa shape index (κ3) is 5.17. The molecule has 0 saturated heterocycles. The molecule has 0 saturated carbocycles. The quantitative estimate of drug-likeness (QED) is 0.376. The number of hydrogen-bond acceptors (Lipinski definition) is 4. The summed E-state index contributed by atoms with van der Waals surface area (Å²) in [7, 11) is 0. The molecule has 0 bridgehead atoms. The minimum atomic E-state index is -1.59. The van der Waals surface area contributed by atoms with E-state index >= 15 is 0 Å². The fourth-order valence-electron chi connectivity index (χ4n) is 4.26. The van der Waals surface area contributed by atoms with Crippen LogP contribution in [-0.4, -0.2) is 44.3 Å². The van der Waals surface area contributed by atoms with Crippen LogP contribution >= 0.6 is 0 Å². The van der Waals surface area contributed by atoms with Crippen LogP contribution in [0.1, 0.15) is 61.1 Å². The zero-order valence-electron chi connectivity index (χ0n) is 17.8. The van der Waals surface area contributed by atoms with Crippen molar-refractivity contribution in [1.82, 2.24) is 0 Å². The van der Waals surface area contributed by atoms with Crippen molar-refractivity contribution in [1.29, 1.82) is 0 Å². The Kier molecular flexibility index (Phi) is 9.01. The summed E-state index contributed by atoms with van der Waals surface area (Å²) >= 11 is 0. The van der Waals surface area contributed by atoms with Crippen molar-refractivity contribution in [3.05, 3.63) is 33.4 Å². The van der Waals surface area contributed by atoms with Gasteiger partial charge >= 0.3 is 23.9 Å². The van der Waals surface area contributed by atoms with Gasteiger partial charge in [0.05, 0.1) is 0 Å². The van der Waals surface area contributed by atoms with Crippen molar-refractivity contribution in [2.24, 2.45) is 11.8 Å². The zero-order valence-corrected chi connectivity index (χ0v) is 17.8. The highest BCUT2D eigenvalue weighted by molar-refractivity contribution is 5.94. The molecule has 0 fully saturated rings. The number of hydrogen-bond donors (Lipinski definition) is 4. The van der Waals surface area contributed by atoms with Gasteiger partial charge in [-0.05, 0) is 71.9 Å². The molecule has 0 aliphatic rings. The highest BCUT2D eigenvalue weighted by Gasteiger charge is 2.32. The second kappa shape index (κ2) is 10.8. The maximum Gasteiger partial charge on any atom is 0.318 e. The Morgan fingerprint density at radius 2 is 0.700 bits per heavy atom. The number of rotatable bonds is 12. The fraction of sp³-hybridized carbons (Fsp3) is 0.545. The Hall–Kier alpha value is -2.90. The third-order valence-electron chi connectivity index (χ3n) is 5.61. The number of carbonyl (C=O) groups is 4. The number of carboxylic acids is 4. The summed E-state index contributed by atoms with van der Waals surface area (Å²) in [6.45, 7) is 7.48. The Balaban J connectivity index is 3.87. The molecule has 0 heterocycles.